The summed E-state index contributed by atoms with van der Waals surface area (Å²) >= 11 is 0. The maximum Gasteiger partial charge on any atom is 0.331 e. The molecule has 0 aliphatic carbocycles. The molecule has 0 aliphatic rings. The van der Waals surface area contributed by atoms with E-state index in [-0.39, 0.29) is 5.69 Å². The molecule has 0 aliphatic heterocycles. The Morgan fingerprint density at radius 3 is 2.61 bits per heavy atom. The predicted octanol–water partition coefficient (Wildman–Crippen LogP) is 4.79. The summed E-state index contributed by atoms with van der Waals surface area (Å²) in [4.78, 5) is 29.5. The molecule has 4 aromatic heterocycles. The van der Waals surface area contributed by atoms with Crippen molar-refractivity contribution in [2.75, 3.05) is 7.11 Å². The molecule has 0 fully saturated rings. The lowest BCUT2D eigenvalue weighted by Gasteiger charge is -2.11. The van der Waals surface area contributed by atoms with Crippen LogP contribution in [0.5, 0.6) is 5.88 Å². The standard InChI is InChI=1S/C26H19N5O2/c1-15-23(9-10-24(29-15)33-2)31-25-19-12-16(7-8-21(19)28-14-22(25)30-26(31)32)18-11-17-5-3-4-6-20(17)27-13-18/h3-14H,1-2H3,(H,30,32). The quantitative estimate of drug-likeness (QED) is 0.434. The lowest BCUT2D eigenvalue weighted by molar-refractivity contribution is 0.397. The van der Waals surface area contributed by atoms with Gasteiger partial charge in [0.25, 0.3) is 0 Å². The van der Waals surface area contributed by atoms with Gasteiger partial charge in [-0.3, -0.25) is 14.5 Å². The number of para-hydroxylation sites is 1. The molecule has 7 nitrogen and oxygen atoms in total. The molecule has 6 rings (SSSR count). The van der Waals surface area contributed by atoms with Crippen LogP contribution in [0, 0.1) is 6.92 Å². The number of hydrogen-bond acceptors (Lipinski definition) is 5. The number of ether oxygens (including phenoxy) is 1. The minimum absolute atomic E-state index is 0.243. The molecule has 160 valence electrons. The van der Waals surface area contributed by atoms with Crippen LogP contribution in [0.4, 0.5) is 0 Å². The Morgan fingerprint density at radius 1 is 0.909 bits per heavy atom. The highest BCUT2D eigenvalue weighted by atomic mass is 16.5. The van der Waals surface area contributed by atoms with Gasteiger partial charge < -0.3 is 9.72 Å². The average molecular weight is 433 g/mol. The predicted molar refractivity (Wildman–Crippen MR) is 129 cm³/mol. The third kappa shape index (κ3) is 3.05. The van der Waals surface area contributed by atoms with Gasteiger partial charge in [0.05, 0.1) is 46.8 Å². The molecule has 2 aromatic carbocycles. The van der Waals surface area contributed by atoms with E-state index in [2.05, 4.69) is 38.1 Å². The highest BCUT2D eigenvalue weighted by Crippen LogP contribution is 2.30. The van der Waals surface area contributed by atoms with E-state index < -0.39 is 0 Å². The number of rotatable bonds is 3. The third-order valence-corrected chi connectivity index (χ3v) is 5.91. The first-order valence-corrected chi connectivity index (χ1v) is 10.5. The summed E-state index contributed by atoms with van der Waals surface area (Å²) in [5, 5.41) is 1.94. The van der Waals surface area contributed by atoms with Crippen molar-refractivity contribution in [3.63, 3.8) is 0 Å². The van der Waals surface area contributed by atoms with Crippen molar-refractivity contribution >= 4 is 32.8 Å². The number of aromatic nitrogens is 5. The summed E-state index contributed by atoms with van der Waals surface area (Å²) in [7, 11) is 1.57. The molecule has 0 spiro atoms. The summed E-state index contributed by atoms with van der Waals surface area (Å²) < 4.78 is 6.88. The van der Waals surface area contributed by atoms with Crippen LogP contribution in [0.25, 0.3) is 49.7 Å². The minimum Gasteiger partial charge on any atom is -0.481 e. The number of imidazole rings is 1. The van der Waals surface area contributed by atoms with Gasteiger partial charge in [0.1, 0.15) is 0 Å². The Kier molecular flexibility index (Phi) is 4.23. The monoisotopic (exact) mass is 433 g/mol. The van der Waals surface area contributed by atoms with Crippen molar-refractivity contribution in [1.29, 1.82) is 0 Å². The summed E-state index contributed by atoms with van der Waals surface area (Å²) in [6.07, 6.45) is 3.57. The maximum atomic E-state index is 13.0. The molecular weight excluding hydrogens is 414 g/mol. The van der Waals surface area contributed by atoms with E-state index in [1.807, 2.05) is 49.5 Å². The SMILES string of the molecule is COc1ccc(-n2c(=O)[nH]c3cnc4ccc(-c5cnc6ccccc6c5)cc4c32)c(C)n1. The second-order valence-corrected chi connectivity index (χ2v) is 7.89. The lowest BCUT2D eigenvalue weighted by atomic mass is 10.0. The average Bonchev–Trinajstić information content (AvgIpc) is 3.19. The molecule has 0 atom stereocenters. The number of fused-ring (bicyclic) bond motifs is 4. The molecule has 0 bridgehead atoms. The molecule has 33 heavy (non-hydrogen) atoms. The van der Waals surface area contributed by atoms with E-state index in [0.29, 0.717) is 22.8 Å². The lowest BCUT2D eigenvalue weighted by Crippen LogP contribution is -2.16. The molecule has 1 N–H and O–H groups in total. The van der Waals surface area contributed by atoms with Gasteiger partial charge in [-0.25, -0.2) is 9.78 Å². The van der Waals surface area contributed by atoms with Crippen LogP contribution in [0.2, 0.25) is 0 Å². The number of hydrogen-bond donors (Lipinski definition) is 1. The van der Waals surface area contributed by atoms with E-state index in [9.17, 15) is 4.79 Å². The fourth-order valence-electron chi connectivity index (χ4n) is 4.30. The number of aryl methyl sites for hydroxylation is 1. The van der Waals surface area contributed by atoms with Crippen molar-refractivity contribution in [1.82, 2.24) is 24.5 Å². The number of nitrogens with one attached hydrogen (secondary N) is 1. The zero-order valence-electron chi connectivity index (χ0n) is 18.0. The Bertz CT molecular complexity index is 1750. The highest BCUT2D eigenvalue weighted by Gasteiger charge is 2.16. The Balaban J connectivity index is 1.62. The fraction of sp³-hybridized carbons (Fsp3) is 0.0769. The molecule has 0 saturated heterocycles. The van der Waals surface area contributed by atoms with Crippen LogP contribution in [-0.4, -0.2) is 31.6 Å². The molecular formula is C26H19N5O2. The molecule has 0 amide bonds. The first-order valence-electron chi connectivity index (χ1n) is 10.5. The summed E-state index contributed by atoms with van der Waals surface area (Å²) in [6, 6.07) is 19.8. The van der Waals surface area contributed by atoms with Gasteiger partial charge in [-0.1, -0.05) is 24.3 Å². The Morgan fingerprint density at radius 2 is 1.76 bits per heavy atom. The number of methoxy groups -OCH3 is 1. The summed E-state index contributed by atoms with van der Waals surface area (Å²) in [6.45, 7) is 1.86. The van der Waals surface area contributed by atoms with Crippen molar-refractivity contribution < 1.29 is 4.74 Å². The van der Waals surface area contributed by atoms with E-state index in [0.717, 1.165) is 38.4 Å². The Labute approximate surface area is 188 Å². The number of benzene rings is 2. The molecule has 0 unspecified atom stereocenters. The second kappa shape index (κ2) is 7.27. The molecule has 0 radical (unpaired) electrons. The zero-order valence-corrected chi connectivity index (χ0v) is 18.0. The largest absolute Gasteiger partial charge is 0.481 e. The smallest absolute Gasteiger partial charge is 0.331 e. The van der Waals surface area contributed by atoms with Gasteiger partial charge in [-0.15, -0.1) is 0 Å². The molecule has 6 aromatic rings. The van der Waals surface area contributed by atoms with E-state index in [1.165, 1.54) is 0 Å². The van der Waals surface area contributed by atoms with Crippen molar-refractivity contribution in [3.8, 4) is 22.7 Å². The van der Waals surface area contributed by atoms with Crippen LogP contribution < -0.4 is 10.4 Å². The molecule has 0 saturated carbocycles. The zero-order chi connectivity index (χ0) is 22.5. The highest BCUT2D eigenvalue weighted by molar-refractivity contribution is 6.04. The second-order valence-electron chi connectivity index (χ2n) is 7.89. The van der Waals surface area contributed by atoms with Crippen molar-refractivity contribution in [3.05, 3.63) is 89.2 Å². The normalized spacial score (nSPS) is 11.5. The van der Waals surface area contributed by atoms with Crippen molar-refractivity contribution in [2.24, 2.45) is 0 Å². The number of pyridine rings is 3. The van der Waals surface area contributed by atoms with Crippen LogP contribution in [0.15, 0.2) is 77.9 Å². The van der Waals surface area contributed by atoms with Crippen LogP contribution in [0.1, 0.15) is 5.69 Å². The fourth-order valence-corrected chi connectivity index (χ4v) is 4.30. The van der Waals surface area contributed by atoms with Gasteiger partial charge in [0, 0.05) is 28.6 Å². The van der Waals surface area contributed by atoms with E-state index in [1.54, 1.807) is 23.9 Å². The number of aromatic amines is 1. The van der Waals surface area contributed by atoms with Gasteiger partial charge in [0.15, 0.2) is 0 Å². The van der Waals surface area contributed by atoms with E-state index in [4.69, 9.17) is 4.74 Å². The first kappa shape index (κ1) is 19.2. The third-order valence-electron chi connectivity index (χ3n) is 5.91. The van der Waals surface area contributed by atoms with Crippen LogP contribution in [-0.2, 0) is 0 Å². The van der Waals surface area contributed by atoms with Gasteiger partial charge in [-0.2, -0.15) is 0 Å². The van der Waals surface area contributed by atoms with Gasteiger partial charge >= 0.3 is 5.69 Å². The van der Waals surface area contributed by atoms with Crippen LogP contribution >= 0.6 is 0 Å². The van der Waals surface area contributed by atoms with Gasteiger partial charge in [0.2, 0.25) is 5.88 Å². The number of nitrogens with zero attached hydrogens (tertiary/aromatic N) is 4. The Hall–Kier alpha value is -4.52. The minimum atomic E-state index is -0.243. The summed E-state index contributed by atoms with van der Waals surface area (Å²) in [5.41, 5.74) is 6.31. The van der Waals surface area contributed by atoms with Crippen LogP contribution in [0.3, 0.4) is 0 Å². The summed E-state index contributed by atoms with van der Waals surface area (Å²) in [5.74, 6) is 0.502. The van der Waals surface area contributed by atoms with E-state index >= 15 is 0 Å². The first-order chi connectivity index (χ1) is 16.1. The maximum absolute atomic E-state index is 13.0. The van der Waals surface area contributed by atoms with Gasteiger partial charge in [-0.05, 0) is 42.8 Å². The number of H-pyrrole nitrogens is 1. The topological polar surface area (TPSA) is 85.7 Å². The van der Waals surface area contributed by atoms with Crippen molar-refractivity contribution in [2.45, 2.75) is 6.92 Å². The molecule has 4 heterocycles. The molecule has 7 heteroatoms.